The summed E-state index contributed by atoms with van der Waals surface area (Å²) in [6.45, 7) is 13.7. The molecule has 0 spiro atoms. The second-order valence-electron chi connectivity index (χ2n) is 16.7. The Hall–Kier alpha value is -6.35. The predicted molar refractivity (Wildman–Crippen MR) is 229 cm³/mol. The first kappa shape index (κ1) is 37.9. The van der Waals surface area contributed by atoms with E-state index in [4.69, 9.17) is 9.97 Å². The number of nitrogens with zero attached hydrogens (tertiary/aromatic N) is 9. The van der Waals surface area contributed by atoms with Crippen molar-refractivity contribution in [2.45, 2.75) is 64.1 Å². The molecule has 0 saturated carbocycles. The van der Waals surface area contributed by atoms with E-state index in [9.17, 15) is 19.2 Å². The molecule has 5 aromatic rings. The van der Waals surface area contributed by atoms with Crippen LogP contribution in [-0.2, 0) is 29.1 Å². The monoisotopic (exact) mass is 807 g/mol. The summed E-state index contributed by atoms with van der Waals surface area (Å²) in [7, 11) is 0. The quantitative estimate of drug-likeness (QED) is 0.145. The third-order valence-corrected chi connectivity index (χ3v) is 13.0. The fourth-order valence-electron chi connectivity index (χ4n) is 9.74. The standard InChI is InChI=1S/C45H49N11O4/c1-3-17-55-44(60)36-23-46-45(50-41(36)56(55)38-15-7-30-6-5-29(4-2)40(30)48-38)47-32-8-10-33(11-9-32)52-20-18-51(19-21-52)24-28-25-53(26-28)34-12-13-35-31(22-34)27-54(43(35)59)37-14-16-39(57)49-42(37)58/h3,7-13,15,22-23,28-29,37H,1,4-6,14,16-21,24-27H2,2H3,(H,46,47,50)(H,49,57,58). The zero-order chi connectivity index (χ0) is 41.1. The Kier molecular flexibility index (Phi) is 9.69. The summed E-state index contributed by atoms with van der Waals surface area (Å²) in [6, 6.07) is 17.9. The number of piperazine rings is 1. The third kappa shape index (κ3) is 6.79. The van der Waals surface area contributed by atoms with E-state index in [1.54, 1.807) is 26.5 Å². The summed E-state index contributed by atoms with van der Waals surface area (Å²) in [4.78, 5) is 74.1. The van der Waals surface area contributed by atoms with E-state index < -0.39 is 6.04 Å². The Morgan fingerprint density at radius 1 is 0.883 bits per heavy atom. The fraction of sp³-hybridized carbons (Fsp3) is 0.400. The minimum absolute atomic E-state index is 0.138. The lowest BCUT2D eigenvalue weighted by molar-refractivity contribution is -0.136. The Balaban J connectivity index is 0.737. The van der Waals surface area contributed by atoms with Gasteiger partial charge in [0, 0.05) is 105 Å². The molecular weight excluding hydrogens is 759 g/mol. The van der Waals surface area contributed by atoms with Crippen LogP contribution in [0.25, 0.3) is 16.9 Å². The number of fused-ring (bicyclic) bond motifs is 3. The first-order valence-corrected chi connectivity index (χ1v) is 21.2. The zero-order valence-electron chi connectivity index (χ0n) is 33.8. The number of carbonyl (C=O) groups excluding carboxylic acids is 3. The van der Waals surface area contributed by atoms with Crippen LogP contribution in [0.4, 0.5) is 23.0 Å². The molecule has 2 atom stereocenters. The Morgan fingerprint density at radius 3 is 2.45 bits per heavy atom. The maximum absolute atomic E-state index is 13.5. The molecule has 0 bridgehead atoms. The van der Waals surface area contributed by atoms with Crippen LogP contribution in [-0.4, -0.2) is 104 Å². The predicted octanol–water partition coefficient (Wildman–Crippen LogP) is 4.37. The maximum atomic E-state index is 13.5. The lowest BCUT2D eigenvalue weighted by Gasteiger charge is -2.45. The number of imide groups is 1. The number of amides is 3. The SMILES string of the molecule is C=CCn1c(=O)c2cnc(Nc3ccc(N4CCN(CC5CN(c6ccc7c(c6)CN(C6CCC(=O)NC6=O)C7=O)C5)CC4)cc3)nc2n1-c1ccc2c(n1)C(CC)CC2. The summed E-state index contributed by atoms with van der Waals surface area (Å²) in [6.07, 6.45) is 7.08. The molecule has 15 nitrogen and oxygen atoms in total. The smallest absolute Gasteiger partial charge is 0.278 e. The summed E-state index contributed by atoms with van der Waals surface area (Å²) in [5.74, 6) is 1.27. The maximum Gasteiger partial charge on any atom is 0.278 e. The Bertz CT molecular complexity index is 2590. The lowest BCUT2D eigenvalue weighted by Crippen LogP contribution is -2.55. The molecule has 7 heterocycles. The molecule has 2 aromatic carbocycles. The number of hydrogen-bond acceptors (Lipinski definition) is 11. The molecule has 1 aliphatic carbocycles. The number of hydrogen-bond donors (Lipinski definition) is 2. The topological polar surface area (TPSA) is 154 Å². The molecule has 3 fully saturated rings. The molecule has 10 rings (SSSR count). The molecule has 5 aliphatic rings. The molecule has 2 N–H and O–H groups in total. The van der Waals surface area contributed by atoms with Gasteiger partial charge in [0.2, 0.25) is 17.8 Å². The van der Waals surface area contributed by atoms with Crippen LogP contribution in [0.5, 0.6) is 0 Å². The average molecular weight is 808 g/mol. The van der Waals surface area contributed by atoms with Crippen LogP contribution >= 0.6 is 0 Å². The number of nitrogens with one attached hydrogen (secondary N) is 2. The number of anilines is 4. The molecular formula is C45H49N11O4. The number of carbonyl (C=O) groups is 3. The van der Waals surface area contributed by atoms with E-state index in [0.717, 1.165) is 87.7 Å². The third-order valence-electron chi connectivity index (χ3n) is 13.0. The van der Waals surface area contributed by atoms with Crippen molar-refractivity contribution in [2.75, 3.05) is 60.9 Å². The van der Waals surface area contributed by atoms with Crippen LogP contribution in [0.15, 0.2) is 78.2 Å². The largest absolute Gasteiger partial charge is 0.371 e. The minimum atomic E-state index is -0.600. The molecule has 3 saturated heterocycles. The highest BCUT2D eigenvalue weighted by molar-refractivity contribution is 6.05. The van der Waals surface area contributed by atoms with Crippen LogP contribution in [0, 0.1) is 5.92 Å². The summed E-state index contributed by atoms with van der Waals surface area (Å²) in [5.41, 5.74) is 7.44. The molecule has 15 heteroatoms. The highest BCUT2D eigenvalue weighted by atomic mass is 16.2. The number of piperidine rings is 1. The van der Waals surface area contributed by atoms with Crippen LogP contribution in [0.3, 0.4) is 0 Å². The second kappa shape index (κ2) is 15.4. The molecule has 3 amide bonds. The van der Waals surface area contributed by atoms with Gasteiger partial charge >= 0.3 is 0 Å². The summed E-state index contributed by atoms with van der Waals surface area (Å²) < 4.78 is 3.43. The van der Waals surface area contributed by atoms with Gasteiger partial charge in [-0.3, -0.25) is 29.4 Å². The summed E-state index contributed by atoms with van der Waals surface area (Å²) in [5, 5.41) is 6.16. The lowest BCUT2D eigenvalue weighted by atomic mass is 9.97. The highest BCUT2D eigenvalue weighted by Crippen LogP contribution is 2.36. The second-order valence-corrected chi connectivity index (χ2v) is 16.7. The van der Waals surface area contributed by atoms with Crippen molar-refractivity contribution in [2.24, 2.45) is 5.92 Å². The molecule has 4 aliphatic heterocycles. The van der Waals surface area contributed by atoms with Gasteiger partial charge in [-0.05, 0) is 85.3 Å². The van der Waals surface area contributed by atoms with Crippen molar-refractivity contribution in [1.29, 1.82) is 0 Å². The van der Waals surface area contributed by atoms with Gasteiger partial charge in [-0.1, -0.05) is 19.1 Å². The fourth-order valence-corrected chi connectivity index (χ4v) is 9.74. The van der Waals surface area contributed by atoms with Crippen LogP contribution in [0.1, 0.15) is 65.7 Å². The van der Waals surface area contributed by atoms with Crippen LogP contribution < -0.4 is 26.0 Å². The van der Waals surface area contributed by atoms with E-state index in [1.165, 1.54) is 11.3 Å². The zero-order valence-corrected chi connectivity index (χ0v) is 33.8. The first-order chi connectivity index (χ1) is 29.2. The highest BCUT2D eigenvalue weighted by Gasteiger charge is 2.40. The Labute approximate surface area is 347 Å². The average Bonchev–Trinajstić information content (AvgIpc) is 3.89. The van der Waals surface area contributed by atoms with Crippen molar-refractivity contribution >= 4 is 51.8 Å². The van der Waals surface area contributed by atoms with Gasteiger partial charge in [-0.2, -0.15) is 4.98 Å². The van der Waals surface area contributed by atoms with Crippen molar-refractivity contribution in [1.82, 2.24) is 39.4 Å². The van der Waals surface area contributed by atoms with Gasteiger partial charge in [0.05, 0.1) is 6.54 Å². The van der Waals surface area contributed by atoms with Gasteiger partial charge in [-0.15, -0.1) is 6.58 Å². The van der Waals surface area contributed by atoms with Gasteiger partial charge in [0.1, 0.15) is 11.4 Å². The number of aryl methyl sites for hydroxylation is 1. The van der Waals surface area contributed by atoms with Gasteiger partial charge in [0.15, 0.2) is 11.5 Å². The van der Waals surface area contributed by atoms with E-state index in [1.807, 2.05) is 30.3 Å². The molecule has 3 aromatic heterocycles. The van der Waals surface area contributed by atoms with E-state index >= 15 is 0 Å². The number of aromatic nitrogens is 5. The minimum Gasteiger partial charge on any atom is -0.371 e. The van der Waals surface area contributed by atoms with Crippen molar-refractivity contribution in [3.63, 3.8) is 0 Å². The molecule has 308 valence electrons. The number of rotatable bonds is 11. The van der Waals surface area contributed by atoms with Crippen molar-refractivity contribution in [3.8, 4) is 5.82 Å². The summed E-state index contributed by atoms with van der Waals surface area (Å²) >= 11 is 0. The molecule has 60 heavy (non-hydrogen) atoms. The van der Waals surface area contributed by atoms with E-state index in [-0.39, 0.29) is 29.7 Å². The van der Waals surface area contributed by atoms with Crippen LogP contribution in [0.2, 0.25) is 0 Å². The van der Waals surface area contributed by atoms with Crippen molar-refractivity contribution < 1.29 is 14.4 Å². The number of pyridine rings is 1. The van der Waals surface area contributed by atoms with Gasteiger partial charge < -0.3 is 20.0 Å². The normalized spacial score (nSPS) is 20.7. The number of benzene rings is 2. The van der Waals surface area contributed by atoms with Gasteiger partial charge in [0.25, 0.3) is 11.5 Å². The molecule has 0 radical (unpaired) electrons. The van der Waals surface area contributed by atoms with E-state index in [0.29, 0.717) is 59.7 Å². The Morgan fingerprint density at radius 2 is 1.68 bits per heavy atom. The van der Waals surface area contributed by atoms with Gasteiger partial charge in [-0.25, -0.2) is 19.3 Å². The molecule has 2 unspecified atom stereocenters. The first-order valence-electron chi connectivity index (χ1n) is 21.2. The van der Waals surface area contributed by atoms with Crippen molar-refractivity contribution in [3.05, 3.63) is 106 Å². The number of allylic oxidation sites excluding steroid dienone is 1. The van der Waals surface area contributed by atoms with E-state index in [2.05, 4.69) is 68.1 Å².